The fraction of sp³-hybridized carbons (Fsp3) is 0.250. The van der Waals surface area contributed by atoms with Gasteiger partial charge in [-0.1, -0.05) is 18.2 Å². The van der Waals surface area contributed by atoms with Gasteiger partial charge in [0, 0.05) is 36.2 Å². The molecule has 1 fully saturated rings. The number of nitrogens with zero attached hydrogens (tertiary/aromatic N) is 5. The van der Waals surface area contributed by atoms with Crippen molar-refractivity contribution in [3.05, 3.63) is 67.1 Å². The first kappa shape index (κ1) is 20.0. The smallest absolute Gasteiger partial charge is 0.236 e. The van der Waals surface area contributed by atoms with Crippen LogP contribution in [0.3, 0.4) is 0 Å². The number of carbonyl (C=O) groups is 1. The minimum Gasteiger partial charge on any atom is -0.376 e. The minimum absolute atomic E-state index is 0.134. The quantitative estimate of drug-likeness (QED) is 0.490. The standard InChI is InChI=1S/C24H25N7O/c25-24(32)15-26-18-4-3-5-20(12-18)30-10-8-19(9-11-30)31-16-17(13-28-31)23-14-27-21-6-1-2-7-22(21)29-23/h1-7,12-14,16,19,26H,8-11,15H2,(H2,25,32). The van der Waals surface area contributed by atoms with Crippen LogP contribution in [0.4, 0.5) is 11.4 Å². The Morgan fingerprint density at radius 2 is 1.88 bits per heavy atom. The second-order valence-corrected chi connectivity index (χ2v) is 8.04. The molecule has 1 aliphatic heterocycles. The van der Waals surface area contributed by atoms with Crippen LogP contribution in [0.1, 0.15) is 18.9 Å². The summed E-state index contributed by atoms with van der Waals surface area (Å²) in [6.45, 7) is 2.01. The van der Waals surface area contributed by atoms with E-state index in [2.05, 4.69) is 43.3 Å². The van der Waals surface area contributed by atoms with Crippen LogP contribution in [0.5, 0.6) is 0 Å². The van der Waals surface area contributed by atoms with Crippen LogP contribution in [0.2, 0.25) is 0 Å². The van der Waals surface area contributed by atoms with Gasteiger partial charge in [-0.05, 0) is 43.2 Å². The first-order valence-electron chi connectivity index (χ1n) is 10.8. The van der Waals surface area contributed by atoms with E-state index in [0.29, 0.717) is 6.04 Å². The highest BCUT2D eigenvalue weighted by Gasteiger charge is 2.22. The van der Waals surface area contributed by atoms with Gasteiger partial charge < -0.3 is 16.0 Å². The summed E-state index contributed by atoms with van der Waals surface area (Å²) in [5, 5.41) is 7.69. The summed E-state index contributed by atoms with van der Waals surface area (Å²) in [5.41, 5.74) is 10.9. The monoisotopic (exact) mass is 427 g/mol. The van der Waals surface area contributed by atoms with Crippen molar-refractivity contribution in [1.82, 2.24) is 19.7 Å². The molecular weight excluding hydrogens is 402 g/mol. The number of hydrogen-bond donors (Lipinski definition) is 2. The molecule has 162 valence electrons. The van der Waals surface area contributed by atoms with Gasteiger partial charge in [0.25, 0.3) is 0 Å². The van der Waals surface area contributed by atoms with Gasteiger partial charge in [-0.2, -0.15) is 5.10 Å². The summed E-state index contributed by atoms with van der Waals surface area (Å²) in [6.07, 6.45) is 7.77. The van der Waals surface area contributed by atoms with Gasteiger partial charge in [0.2, 0.25) is 5.91 Å². The number of fused-ring (bicyclic) bond motifs is 1. The molecule has 1 saturated heterocycles. The van der Waals surface area contributed by atoms with Gasteiger partial charge in [0.15, 0.2) is 0 Å². The van der Waals surface area contributed by atoms with Gasteiger partial charge in [-0.3, -0.25) is 14.5 Å². The molecular formula is C24H25N7O. The Balaban J connectivity index is 1.24. The van der Waals surface area contributed by atoms with Gasteiger partial charge in [0.05, 0.1) is 41.7 Å². The molecule has 8 heteroatoms. The highest BCUT2D eigenvalue weighted by Crippen LogP contribution is 2.29. The van der Waals surface area contributed by atoms with Crippen molar-refractivity contribution < 1.29 is 4.79 Å². The van der Waals surface area contributed by atoms with Crippen molar-refractivity contribution in [1.29, 1.82) is 0 Å². The third-order valence-electron chi connectivity index (χ3n) is 5.86. The van der Waals surface area contributed by atoms with E-state index in [0.717, 1.165) is 59.6 Å². The van der Waals surface area contributed by atoms with Crippen LogP contribution >= 0.6 is 0 Å². The Bertz CT molecular complexity index is 1240. The molecule has 32 heavy (non-hydrogen) atoms. The lowest BCUT2D eigenvalue weighted by atomic mass is 10.0. The topological polar surface area (TPSA) is 102 Å². The van der Waals surface area contributed by atoms with Crippen LogP contribution in [-0.2, 0) is 4.79 Å². The number of rotatable bonds is 6. The highest BCUT2D eigenvalue weighted by atomic mass is 16.1. The number of para-hydroxylation sites is 2. The number of amides is 1. The number of anilines is 2. The van der Waals surface area contributed by atoms with E-state index < -0.39 is 0 Å². The van der Waals surface area contributed by atoms with E-state index in [9.17, 15) is 4.79 Å². The van der Waals surface area contributed by atoms with Crippen molar-refractivity contribution in [2.45, 2.75) is 18.9 Å². The van der Waals surface area contributed by atoms with E-state index in [-0.39, 0.29) is 12.5 Å². The largest absolute Gasteiger partial charge is 0.376 e. The van der Waals surface area contributed by atoms with Crippen molar-refractivity contribution in [2.24, 2.45) is 5.73 Å². The predicted molar refractivity (Wildman–Crippen MR) is 125 cm³/mol. The summed E-state index contributed by atoms with van der Waals surface area (Å²) >= 11 is 0. The zero-order chi connectivity index (χ0) is 21.9. The number of hydrogen-bond acceptors (Lipinski definition) is 6. The molecule has 0 aliphatic carbocycles. The third kappa shape index (κ3) is 4.25. The Morgan fingerprint density at radius 3 is 2.69 bits per heavy atom. The van der Waals surface area contributed by atoms with E-state index in [1.54, 1.807) is 0 Å². The Kier molecular flexibility index (Phi) is 5.41. The summed E-state index contributed by atoms with van der Waals surface area (Å²) in [4.78, 5) is 22.6. The predicted octanol–water partition coefficient (Wildman–Crippen LogP) is 3.23. The van der Waals surface area contributed by atoms with Crippen molar-refractivity contribution in [2.75, 3.05) is 29.9 Å². The van der Waals surface area contributed by atoms with E-state index in [4.69, 9.17) is 10.7 Å². The van der Waals surface area contributed by atoms with Crippen LogP contribution in [0.25, 0.3) is 22.3 Å². The fourth-order valence-electron chi connectivity index (χ4n) is 4.16. The fourth-order valence-corrected chi connectivity index (χ4v) is 4.16. The average Bonchev–Trinajstić information content (AvgIpc) is 3.33. The summed E-state index contributed by atoms with van der Waals surface area (Å²) in [7, 11) is 0. The van der Waals surface area contributed by atoms with Gasteiger partial charge in [0.1, 0.15) is 0 Å². The van der Waals surface area contributed by atoms with Crippen LogP contribution in [-0.4, -0.2) is 45.3 Å². The number of piperidine rings is 1. The third-order valence-corrected chi connectivity index (χ3v) is 5.86. The maximum Gasteiger partial charge on any atom is 0.236 e. The molecule has 8 nitrogen and oxygen atoms in total. The zero-order valence-corrected chi connectivity index (χ0v) is 17.7. The SMILES string of the molecule is NC(=O)CNc1cccc(N2CCC(n3cc(-c4cnc5ccccc5n4)cn3)CC2)c1. The molecule has 0 spiro atoms. The molecule has 0 saturated carbocycles. The molecule has 4 aromatic rings. The van der Waals surface area contributed by atoms with Crippen LogP contribution in [0, 0.1) is 0 Å². The number of primary amides is 1. The maximum atomic E-state index is 11.0. The van der Waals surface area contributed by atoms with Gasteiger partial charge in [-0.25, -0.2) is 4.98 Å². The van der Waals surface area contributed by atoms with Crippen molar-refractivity contribution in [3.63, 3.8) is 0 Å². The molecule has 5 rings (SSSR count). The van der Waals surface area contributed by atoms with E-state index in [1.165, 1.54) is 0 Å². The summed E-state index contributed by atoms with van der Waals surface area (Å²) in [5.74, 6) is -0.371. The lowest BCUT2D eigenvalue weighted by Crippen LogP contribution is -2.34. The minimum atomic E-state index is -0.371. The van der Waals surface area contributed by atoms with E-state index >= 15 is 0 Å². The molecule has 2 aromatic heterocycles. The lowest BCUT2D eigenvalue weighted by Gasteiger charge is -2.34. The number of benzene rings is 2. The van der Waals surface area contributed by atoms with Crippen molar-refractivity contribution >= 4 is 28.3 Å². The maximum absolute atomic E-state index is 11.0. The normalized spacial score (nSPS) is 14.6. The number of aromatic nitrogens is 4. The lowest BCUT2D eigenvalue weighted by molar-refractivity contribution is -0.116. The molecule has 3 heterocycles. The zero-order valence-electron chi connectivity index (χ0n) is 17.7. The number of carbonyl (C=O) groups excluding carboxylic acids is 1. The molecule has 0 radical (unpaired) electrons. The second kappa shape index (κ2) is 8.66. The molecule has 1 aliphatic rings. The van der Waals surface area contributed by atoms with E-state index in [1.807, 2.05) is 48.8 Å². The van der Waals surface area contributed by atoms with Gasteiger partial charge in [-0.15, -0.1) is 0 Å². The Hall–Kier alpha value is -3.94. The van der Waals surface area contributed by atoms with Crippen molar-refractivity contribution in [3.8, 4) is 11.3 Å². The number of nitrogens with two attached hydrogens (primary N) is 1. The summed E-state index contributed by atoms with van der Waals surface area (Å²) < 4.78 is 2.06. The second-order valence-electron chi connectivity index (χ2n) is 8.04. The Morgan fingerprint density at radius 1 is 1.06 bits per heavy atom. The first-order chi connectivity index (χ1) is 15.7. The Labute approximate surface area is 186 Å². The molecule has 0 atom stereocenters. The first-order valence-corrected chi connectivity index (χ1v) is 10.8. The van der Waals surface area contributed by atoms with Gasteiger partial charge >= 0.3 is 0 Å². The number of nitrogens with one attached hydrogen (secondary N) is 1. The average molecular weight is 428 g/mol. The highest BCUT2D eigenvalue weighted by molar-refractivity contribution is 5.79. The van der Waals surface area contributed by atoms with Crippen LogP contribution < -0.4 is 16.0 Å². The molecule has 0 bridgehead atoms. The molecule has 2 aromatic carbocycles. The van der Waals surface area contributed by atoms with Crippen LogP contribution in [0.15, 0.2) is 67.1 Å². The molecule has 1 amide bonds. The molecule has 0 unspecified atom stereocenters. The molecule has 3 N–H and O–H groups in total. The summed E-state index contributed by atoms with van der Waals surface area (Å²) in [6, 6.07) is 16.3.